The van der Waals surface area contributed by atoms with Crippen LogP contribution in [0, 0.1) is 6.92 Å². The lowest BCUT2D eigenvalue weighted by atomic mass is 9.85. The number of aryl methyl sites for hydroxylation is 1. The normalized spacial score (nSPS) is 11.9. The van der Waals surface area contributed by atoms with Crippen LogP contribution >= 0.6 is 22.7 Å². The van der Waals surface area contributed by atoms with Gasteiger partial charge in [-0.05, 0) is 135 Å². The Morgan fingerprint density at radius 1 is 0.373 bits per heavy atom. The van der Waals surface area contributed by atoms with Crippen LogP contribution in [-0.4, -0.2) is 0 Å². The van der Waals surface area contributed by atoms with Crippen LogP contribution in [0.3, 0.4) is 0 Å². The summed E-state index contributed by atoms with van der Waals surface area (Å²) in [5.74, 6) is 0. The lowest BCUT2D eigenvalue weighted by Crippen LogP contribution is -1.91. The molecule has 0 nitrogen and oxygen atoms in total. The summed E-state index contributed by atoms with van der Waals surface area (Å²) in [4.78, 5) is 2.59. The van der Waals surface area contributed by atoms with E-state index in [0.29, 0.717) is 0 Å². The molecule has 0 amide bonds. The van der Waals surface area contributed by atoms with E-state index in [-0.39, 0.29) is 0 Å². The zero-order chi connectivity index (χ0) is 39.2. The second kappa shape index (κ2) is 13.4. The number of hydrogen-bond acceptors (Lipinski definition) is 2. The lowest BCUT2D eigenvalue weighted by molar-refractivity contribution is 1.59. The molecule has 0 saturated heterocycles. The first-order valence-corrected chi connectivity index (χ1v) is 21.8. The van der Waals surface area contributed by atoms with Gasteiger partial charge in [-0.15, -0.1) is 22.7 Å². The van der Waals surface area contributed by atoms with Gasteiger partial charge in [0, 0.05) is 30.1 Å². The quantitative estimate of drug-likeness (QED) is 0.153. The fourth-order valence-corrected chi connectivity index (χ4v) is 12.1. The fraction of sp³-hybridized carbons (Fsp3) is 0.0175. The van der Waals surface area contributed by atoms with Crippen LogP contribution in [0.5, 0.6) is 0 Å². The SMILES string of the molecule is C=Cc1sc2c(ccc3cc(-c4ccc5cc(-c6c7ccccc7c(-c7ccc8ccccc8c7)c7ccccc67)ccc5c4)ccc32)c1-c1sc2ccccc2c1C. The van der Waals surface area contributed by atoms with Crippen molar-refractivity contribution in [2.24, 2.45) is 0 Å². The smallest absolute Gasteiger partial charge is 0.0434 e. The second-order valence-electron chi connectivity index (χ2n) is 15.7. The maximum atomic E-state index is 4.24. The molecule has 2 aromatic heterocycles. The van der Waals surface area contributed by atoms with Crippen LogP contribution in [0.2, 0.25) is 0 Å². The van der Waals surface area contributed by atoms with Crippen LogP contribution < -0.4 is 0 Å². The summed E-state index contributed by atoms with van der Waals surface area (Å²) in [7, 11) is 0. The first-order chi connectivity index (χ1) is 29.1. The van der Waals surface area contributed by atoms with Crippen molar-refractivity contribution in [1.29, 1.82) is 0 Å². The Labute approximate surface area is 350 Å². The van der Waals surface area contributed by atoms with Crippen LogP contribution in [0.4, 0.5) is 0 Å². The standard InChI is InChI=1S/C57H36S2/c1-3-51-55(56-34(2)44-14-10-11-19-52(44)59-56)50-29-27-41-31-40(26-28-45(41)57(50)58-51)37-21-22-39-33-43(25-23-38(39)30-37)54-48-17-8-6-15-46(48)53(47-16-7-9-18-49(47)54)42-24-20-35-12-4-5-13-36(35)32-42/h3-33H,1H2,2H3. The number of benzene rings is 10. The molecule has 0 aliphatic carbocycles. The van der Waals surface area contributed by atoms with Gasteiger partial charge < -0.3 is 0 Å². The Bertz CT molecular complexity index is 3650. The van der Waals surface area contributed by atoms with E-state index < -0.39 is 0 Å². The molecule has 12 rings (SSSR count). The summed E-state index contributed by atoms with van der Waals surface area (Å²) in [5.41, 5.74) is 10.2. The zero-order valence-corrected chi connectivity index (χ0v) is 34.1. The predicted octanol–water partition coefficient (Wildman–Crippen LogP) is 17.5. The van der Waals surface area contributed by atoms with Crippen molar-refractivity contribution in [2.45, 2.75) is 6.92 Å². The van der Waals surface area contributed by atoms with Crippen LogP contribution in [0.25, 0.3) is 124 Å². The summed E-state index contributed by atoms with van der Waals surface area (Å²) < 4.78 is 2.66. The molecule has 59 heavy (non-hydrogen) atoms. The van der Waals surface area contributed by atoms with Gasteiger partial charge in [0.1, 0.15) is 0 Å². The molecular formula is C57H36S2. The molecule has 0 saturated carbocycles. The van der Waals surface area contributed by atoms with E-state index in [0.717, 1.165) is 0 Å². The van der Waals surface area contributed by atoms with Crippen LogP contribution in [-0.2, 0) is 0 Å². The summed E-state index contributed by atoms with van der Waals surface area (Å²) in [6.45, 7) is 6.50. The predicted molar refractivity (Wildman–Crippen MR) is 261 cm³/mol. The highest BCUT2D eigenvalue weighted by Gasteiger charge is 2.20. The molecule has 0 bridgehead atoms. The van der Waals surface area contributed by atoms with Gasteiger partial charge >= 0.3 is 0 Å². The minimum Gasteiger partial charge on any atom is -0.135 e. The largest absolute Gasteiger partial charge is 0.135 e. The third kappa shape index (κ3) is 5.34. The Kier molecular flexibility index (Phi) is 7.75. The third-order valence-corrected chi connectivity index (χ3v) is 14.9. The van der Waals surface area contributed by atoms with Gasteiger partial charge in [-0.3, -0.25) is 0 Å². The Morgan fingerprint density at radius 2 is 0.831 bits per heavy atom. The molecule has 12 aromatic rings. The maximum absolute atomic E-state index is 4.24. The van der Waals surface area contributed by atoms with Crippen molar-refractivity contribution in [1.82, 2.24) is 0 Å². The first kappa shape index (κ1) is 34.2. The van der Waals surface area contributed by atoms with Gasteiger partial charge in [-0.25, -0.2) is 0 Å². The van der Waals surface area contributed by atoms with E-state index in [1.54, 1.807) is 0 Å². The van der Waals surface area contributed by atoms with Crippen molar-refractivity contribution in [3.63, 3.8) is 0 Å². The second-order valence-corrected chi connectivity index (χ2v) is 17.8. The van der Waals surface area contributed by atoms with Gasteiger partial charge in [0.05, 0.1) is 0 Å². The van der Waals surface area contributed by atoms with Gasteiger partial charge in [0.25, 0.3) is 0 Å². The van der Waals surface area contributed by atoms with Gasteiger partial charge in [0.2, 0.25) is 0 Å². The Hall–Kier alpha value is -6.84. The lowest BCUT2D eigenvalue weighted by Gasteiger charge is -2.18. The highest BCUT2D eigenvalue weighted by molar-refractivity contribution is 7.24. The van der Waals surface area contributed by atoms with E-state index >= 15 is 0 Å². The number of hydrogen-bond donors (Lipinski definition) is 0. The highest BCUT2D eigenvalue weighted by Crippen LogP contribution is 2.49. The van der Waals surface area contributed by atoms with Crippen molar-refractivity contribution in [3.05, 3.63) is 199 Å². The first-order valence-electron chi connectivity index (χ1n) is 20.2. The maximum Gasteiger partial charge on any atom is 0.0434 e. The summed E-state index contributed by atoms with van der Waals surface area (Å²) in [6, 6.07) is 67.7. The molecular weight excluding hydrogens is 749 g/mol. The minimum absolute atomic E-state index is 1.22. The molecule has 0 N–H and O–H groups in total. The van der Waals surface area contributed by atoms with E-state index in [9.17, 15) is 0 Å². The molecule has 2 heteroatoms. The fourth-order valence-electron chi connectivity index (χ4n) is 9.55. The number of thiophene rings is 2. The Balaban J connectivity index is 0.948. The van der Waals surface area contributed by atoms with Gasteiger partial charge in [-0.2, -0.15) is 0 Å². The number of rotatable bonds is 5. The topological polar surface area (TPSA) is 0 Å². The molecule has 0 spiro atoms. The number of fused-ring (bicyclic) bond motifs is 8. The van der Waals surface area contributed by atoms with E-state index in [1.165, 1.54) is 128 Å². The summed E-state index contributed by atoms with van der Waals surface area (Å²) in [5, 5.41) is 15.3. The average molecular weight is 785 g/mol. The average Bonchev–Trinajstić information content (AvgIpc) is 3.84. The monoisotopic (exact) mass is 784 g/mol. The molecule has 276 valence electrons. The van der Waals surface area contributed by atoms with E-state index in [4.69, 9.17) is 0 Å². The third-order valence-electron chi connectivity index (χ3n) is 12.4. The van der Waals surface area contributed by atoms with Crippen LogP contribution in [0.1, 0.15) is 10.4 Å². The van der Waals surface area contributed by atoms with Crippen molar-refractivity contribution >= 4 is 103 Å². The van der Waals surface area contributed by atoms with Crippen molar-refractivity contribution in [2.75, 3.05) is 0 Å². The highest BCUT2D eigenvalue weighted by atomic mass is 32.1. The van der Waals surface area contributed by atoms with Crippen molar-refractivity contribution in [3.8, 4) is 43.8 Å². The molecule has 0 radical (unpaired) electrons. The summed E-state index contributed by atoms with van der Waals surface area (Å²) in [6.07, 6.45) is 2.04. The molecule has 10 aromatic carbocycles. The van der Waals surface area contributed by atoms with Gasteiger partial charge in [-0.1, -0.05) is 164 Å². The molecule has 2 heterocycles. The molecule has 0 fully saturated rings. The van der Waals surface area contributed by atoms with Gasteiger partial charge in [0.15, 0.2) is 0 Å². The molecule has 0 atom stereocenters. The zero-order valence-electron chi connectivity index (χ0n) is 32.4. The van der Waals surface area contributed by atoms with Crippen molar-refractivity contribution < 1.29 is 0 Å². The molecule has 0 aliphatic heterocycles. The molecule has 0 aliphatic rings. The Morgan fingerprint density at radius 3 is 1.46 bits per heavy atom. The minimum atomic E-state index is 1.22. The van der Waals surface area contributed by atoms with E-state index in [2.05, 4.69) is 195 Å². The van der Waals surface area contributed by atoms with E-state index in [1.807, 2.05) is 28.7 Å². The molecule has 0 unspecified atom stereocenters. The van der Waals surface area contributed by atoms with Crippen LogP contribution in [0.15, 0.2) is 189 Å². The summed E-state index contributed by atoms with van der Waals surface area (Å²) >= 11 is 3.75.